The van der Waals surface area contributed by atoms with E-state index in [0.29, 0.717) is 12.8 Å². The fourth-order valence-electron chi connectivity index (χ4n) is 1.96. The summed E-state index contributed by atoms with van der Waals surface area (Å²) >= 11 is 0. The average Bonchev–Trinajstić information content (AvgIpc) is 2.25. The Morgan fingerprint density at radius 1 is 1.06 bits per heavy atom. The summed E-state index contributed by atoms with van der Waals surface area (Å²) in [5.74, 6) is -0.858. The second-order valence-electron chi connectivity index (χ2n) is 5.05. The second kappa shape index (κ2) is 5.85. The summed E-state index contributed by atoms with van der Waals surface area (Å²) in [5, 5.41) is 10.1. The molecule has 1 aliphatic rings. The van der Waals surface area contributed by atoms with Gasteiger partial charge in [-0.3, -0.25) is 0 Å². The molecule has 1 fully saturated rings. The Morgan fingerprint density at radius 3 is 2.11 bits per heavy atom. The van der Waals surface area contributed by atoms with Crippen LogP contribution in [0, 0.1) is 0 Å². The highest BCUT2D eigenvalue weighted by atomic mass is 32.2. The third-order valence-corrected chi connectivity index (χ3v) is 5.66. The van der Waals surface area contributed by atoms with Crippen LogP contribution < -0.4 is 4.72 Å². The molecule has 0 radical (unpaired) electrons. The molecule has 0 unspecified atom stereocenters. The van der Waals surface area contributed by atoms with Crippen LogP contribution in [0.1, 0.15) is 32.1 Å². The van der Waals surface area contributed by atoms with Gasteiger partial charge >= 0.3 is 0 Å². The van der Waals surface area contributed by atoms with Gasteiger partial charge < -0.3 is 5.11 Å². The zero-order valence-corrected chi connectivity index (χ0v) is 12.2. The maximum absolute atomic E-state index is 11.6. The first kappa shape index (κ1) is 15.9. The van der Waals surface area contributed by atoms with Crippen LogP contribution in [0.5, 0.6) is 0 Å². The van der Waals surface area contributed by atoms with E-state index in [1.165, 1.54) is 0 Å². The molecule has 8 heteroatoms. The summed E-state index contributed by atoms with van der Waals surface area (Å²) in [4.78, 5) is 0. The largest absolute Gasteiger partial charge is 0.389 e. The standard InChI is InChI=1S/C10H21NO5S2/c1-17(13,14)7-8-18(15,16)11-9-10(12)5-3-2-4-6-10/h11-12H,2-9H2,1H3. The minimum absolute atomic E-state index is 0.0287. The molecule has 1 saturated carbocycles. The van der Waals surface area contributed by atoms with Crippen molar-refractivity contribution in [1.82, 2.24) is 4.72 Å². The van der Waals surface area contributed by atoms with E-state index in [4.69, 9.17) is 0 Å². The summed E-state index contributed by atoms with van der Waals surface area (Å²) < 4.78 is 47.3. The predicted molar refractivity (Wildman–Crippen MR) is 69.5 cm³/mol. The van der Waals surface area contributed by atoms with Crippen LogP contribution in [0.2, 0.25) is 0 Å². The molecule has 6 nitrogen and oxygen atoms in total. The van der Waals surface area contributed by atoms with Gasteiger partial charge in [-0.05, 0) is 12.8 Å². The minimum Gasteiger partial charge on any atom is -0.389 e. The maximum atomic E-state index is 11.6. The first-order chi connectivity index (χ1) is 8.12. The lowest BCUT2D eigenvalue weighted by atomic mass is 9.85. The Balaban J connectivity index is 2.46. The van der Waals surface area contributed by atoms with Gasteiger partial charge in [-0.1, -0.05) is 19.3 Å². The molecule has 0 atom stereocenters. The highest BCUT2D eigenvalue weighted by molar-refractivity contribution is 7.93. The molecule has 1 rings (SSSR count). The van der Waals surface area contributed by atoms with Crippen molar-refractivity contribution in [3.05, 3.63) is 0 Å². The summed E-state index contributed by atoms with van der Waals surface area (Å²) in [7, 11) is -6.94. The van der Waals surface area contributed by atoms with Gasteiger partial charge in [0.2, 0.25) is 10.0 Å². The molecule has 0 aliphatic heterocycles. The monoisotopic (exact) mass is 299 g/mol. The fourth-order valence-corrected chi connectivity index (χ4v) is 4.69. The van der Waals surface area contributed by atoms with E-state index in [0.717, 1.165) is 25.5 Å². The molecule has 0 amide bonds. The van der Waals surface area contributed by atoms with Crippen molar-refractivity contribution in [2.45, 2.75) is 37.7 Å². The molecule has 0 aromatic rings. The van der Waals surface area contributed by atoms with Gasteiger partial charge in [0.25, 0.3) is 0 Å². The zero-order chi connectivity index (χ0) is 13.9. The van der Waals surface area contributed by atoms with Gasteiger partial charge in [-0.15, -0.1) is 0 Å². The Labute approximate surface area is 109 Å². The number of rotatable bonds is 6. The lowest BCUT2D eigenvalue weighted by molar-refractivity contribution is 0.00946. The van der Waals surface area contributed by atoms with Crippen LogP contribution in [0.25, 0.3) is 0 Å². The first-order valence-electron chi connectivity index (χ1n) is 5.99. The van der Waals surface area contributed by atoms with Gasteiger partial charge in [-0.2, -0.15) is 0 Å². The van der Waals surface area contributed by atoms with Gasteiger partial charge in [0.1, 0.15) is 9.84 Å². The van der Waals surface area contributed by atoms with Gasteiger partial charge in [0.15, 0.2) is 0 Å². The summed E-state index contributed by atoms with van der Waals surface area (Å²) in [5.41, 5.74) is -0.976. The van der Waals surface area contributed by atoms with Crippen molar-refractivity contribution in [2.24, 2.45) is 0 Å². The van der Waals surface area contributed by atoms with Crippen LogP contribution in [-0.2, 0) is 19.9 Å². The van der Waals surface area contributed by atoms with Crippen LogP contribution in [0.3, 0.4) is 0 Å². The van der Waals surface area contributed by atoms with Crippen molar-refractivity contribution >= 4 is 19.9 Å². The molecule has 0 bridgehead atoms. The molecule has 0 aromatic carbocycles. The van der Waals surface area contributed by atoms with Gasteiger partial charge in [-0.25, -0.2) is 21.6 Å². The van der Waals surface area contributed by atoms with Crippen LogP contribution in [0.4, 0.5) is 0 Å². The quantitative estimate of drug-likeness (QED) is 0.698. The van der Waals surface area contributed by atoms with E-state index in [9.17, 15) is 21.9 Å². The number of aliphatic hydroxyl groups is 1. The van der Waals surface area contributed by atoms with Crippen LogP contribution >= 0.6 is 0 Å². The van der Waals surface area contributed by atoms with Crippen LogP contribution in [0.15, 0.2) is 0 Å². The molecule has 1 aliphatic carbocycles. The van der Waals surface area contributed by atoms with E-state index in [1.807, 2.05) is 0 Å². The Morgan fingerprint density at radius 2 is 1.61 bits per heavy atom. The maximum Gasteiger partial charge on any atom is 0.212 e. The van der Waals surface area contributed by atoms with E-state index < -0.39 is 37.0 Å². The number of sulfone groups is 1. The summed E-state index contributed by atoms with van der Waals surface area (Å²) in [6.07, 6.45) is 5.01. The van der Waals surface area contributed by atoms with Crippen molar-refractivity contribution in [1.29, 1.82) is 0 Å². The Bertz CT molecular complexity index is 462. The molecule has 0 aromatic heterocycles. The number of hydrogen-bond acceptors (Lipinski definition) is 5. The van der Waals surface area contributed by atoms with E-state index in [2.05, 4.69) is 4.72 Å². The predicted octanol–water partition coefficient (Wildman–Crippen LogP) is -0.354. The second-order valence-corrected chi connectivity index (χ2v) is 9.24. The number of hydrogen-bond donors (Lipinski definition) is 2. The van der Waals surface area contributed by atoms with Crippen molar-refractivity contribution in [3.63, 3.8) is 0 Å². The van der Waals surface area contributed by atoms with Gasteiger partial charge in [0, 0.05) is 12.8 Å². The molecule has 0 heterocycles. The molecule has 0 saturated heterocycles. The smallest absolute Gasteiger partial charge is 0.212 e. The molecule has 18 heavy (non-hydrogen) atoms. The van der Waals surface area contributed by atoms with E-state index >= 15 is 0 Å². The van der Waals surface area contributed by atoms with Gasteiger partial charge in [0.05, 0.1) is 17.1 Å². The molecular weight excluding hydrogens is 278 g/mol. The average molecular weight is 299 g/mol. The molecular formula is C10H21NO5S2. The topological polar surface area (TPSA) is 101 Å². The third kappa shape index (κ3) is 6.12. The lowest BCUT2D eigenvalue weighted by Gasteiger charge is -2.32. The summed E-state index contributed by atoms with van der Waals surface area (Å²) in [6.45, 7) is -0.0287. The first-order valence-corrected chi connectivity index (χ1v) is 9.71. The Kier molecular flexibility index (Phi) is 5.16. The number of sulfonamides is 1. The highest BCUT2D eigenvalue weighted by Gasteiger charge is 2.30. The normalized spacial score (nSPS) is 20.8. The highest BCUT2D eigenvalue weighted by Crippen LogP contribution is 2.27. The van der Waals surface area contributed by atoms with E-state index in [-0.39, 0.29) is 6.54 Å². The molecule has 108 valence electrons. The third-order valence-electron chi connectivity index (χ3n) is 3.13. The molecule has 2 N–H and O–H groups in total. The SMILES string of the molecule is CS(=O)(=O)CCS(=O)(=O)NCC1(O)CCCCC1. The lowest BCUT2D eigenvalue weighted by Crippen LogP contribution is -2.45. The van der Waals surface area contributed by atoms with Crippen LogP contribution in [-0.4, -0.2) is 51.8 Å². The van der Waals surface area contributed by atoms with E-state index in [1.54, 1.807) is 0 Å². The minimum atomic E-state index is -3.64. The fraction of sp³-hybridized carbons (Fsp3) is 1.00. The zero-order valence-electron chi connectivity index (χ0n) is 10.6. The van der Waals surface area contributed by atoms with Crippen molar-refractivity contribution in [2.75, 3.05) is 24.3 Å². The van der Waals surface area contributed by atoms with Crippen molar-refractivity contribution in [3.8, 4) is 0 Å². The Hall–Kier alpha value is -0.180. The van der Waals surface area contributed by atoms with Crippen molar-refractivity contribution < 1.29 is 21.9 Å². The number of nitrogens with one attached hydrogen (secondary N) is 1. The molecule has 0 spiro atoms. The summed E-state index contributed by atoms with van der Waals surface area (Å²) in [6, 6.07) is 0.